The van der Waals surface area contributed by atoms with Gasteiger partial charge in [-0.2, -0.15) is 0 Å². The first-order chi connectivity index (χ1) is 5.54. The van der Waals surface area contributed by atoms with Crippen molar-refractivity contribution in [3.63, 3.8) is 0 Å². The van der Waals surface area contributed by atoms with Gasteiger partial charge in [0.15, 0.2) is 0 Å². The third kappa shape index (κ3) is 1.18. The molecule has 0 spiro atoms. The summed E-state index contributed by atoms with van der Waals surface area (Å²) in [4.78, 5) is 10.4. The molecule has 0 unspecified atom stereocenters. The van der Waals surface area contributed by atoms with E-state index in [1.807, 2.05) is 0 Å². The van der Waals surface area contributed by atoms with Crippen LogP contribution in [0.4, 0.5) is 0 Å². The van der Waals surface area contributed by atoms with Gasteiger partial charge in [0, 0.05) is 5.56 Å². The number of aromatic carboxylic acids is 1. The molecule has 0 amide bonds. The summed E-state index contributed by atoms with van der Waals surface area (Å²) in [6.45, 7) is 1.44. The van der Waals surface area contributed by atoms with E-state index in [0.29, 0.717) is 0 Å². The quantitative estimate of drug-likeness (QED) is 0.586. The first-order valence-corrected chi connectivity index (χ1v) is 3.29. The lowest BCUT2D eigenvalue weighted by Crippen LogP contribution is -1.97. The van der Waals surface area contributed by atoms with Crippen LogP contribution in [0.2, 0.25) is 0 Å². The topological polar surface area (TPSA) is 77.8 Å². The van der Waals surface area contributed by atoms with Gasteiger partial charge >= 0.3 is 5.97 Å². The molecule has 0 fully saturated rings. The number of hydrogen-bond donors (Lipinski definition) is 3. The molecule has 0 bridgehead atoms. The van der Waals surface area contributed by atoms with E-state index in [-0.39, 0.29) is 22.6 Å². The molecule has 12 heavy (non-hydrogen) atoms. The molecule has 0 saturated heterocycles. The number of rotatable bonds is 1. The van der Waals surface area contributed by atoms with Crippen LogP contribution in [0.5, 0.6) is 11.5 Å². The molecule has 4 nitrogen and oxygen atoms in total. The molecular formula is C8H8O4. The Bertz CT molecular complexity index is 330. The minimum Gasteiger partial charge on any atom is -0.508 e. The van der Waals surface area contributed by atoms with Crippen LogP contribution in [0.1, 0.15) is 15.9 Å². The third-order valence-electron chi connectivity index (χ3n) is 1.63. The fourth-order valence-electron chi connectivity index (χ4n) is 0.862. The summed E-state index contributed by atoms with van der Waals surface area (Å²) in [5.74, 6) is -1.71. The Morgan fingerprint density at radius 2 is 1.92 bits per heavy atom. The van der Waals surface area contributed by atoms with Crippen LogP contribution in [-0.2, 0) is 0 Å². The van der Waals surface area contributed by atoms with Crippen molar-refractivity contribution in [2.24, 2.45) is 0 Å². The lowest BCUT2D eigenvalue weighted by atomic mass is 10.1. The predicted molar refractivity (Wildman–Crippen MR) is 41.5 cm³/mol. The zero-order chi connectivity index (χ0) is 9.30. The van der Waals surface area contributed by atoms with Crippen molar-refractivity contribution in [3.05, 3.63) is 23.3 Å². The normalized spacial score (nSPS) is 9.75. The molecule has 0 aromatic heterocycles. The first kappa shape index (κ1) is 8.39. The molecule has 0 aliphatic carbocycles. The predicted octanol–water partition coefficient (Wildman–Crippen LogP) is 1.10. The third-order valence-corrected chi connectivity index (χ3v) is 1.63. The van der Waals surface area contributed by atoms with Crippen LogP contribution in [0.15, 0.2) is 12.1 Å². The number of hydrogen-bond acceptors (Lipinski definition) is 3. The van der Waals surface area contributed by atoms with E-state index in [2.05, 4.69) is 0 Å². The minimum atomic E-state index is -1.21. The summed E-state index contributed by atoms with van der Waals surface area (Å²) < 4.78 is 0. The molecule has 0 atom stereocenters. The van der Waals surface area contributed by atoms with Gasteiger partial charge in [-0.15, -0.1) is 0 Å². The van der Waals surface area contributed by atoms with Crippen molar-refractivity contribution in [1.82, 2.24) is 0 Å². The smallest absolute Gasteiger partial charge is 0.339 e. The van der Waals surface area contributed by atoms with Crippen molar-refractivity contribution in [2.75, 3.05) is 0 Å². The first-order valence-electron chi connectivity index (χ1n) is 3.29. The number of carboxylic acids is 1. The zero-order valence-electron chi connectivity index (χ0n) is 6.40. The summed E-state index contributed by atoms with van der Waals surface area (Å²) in [6, 6.07) is 2.39. The van der Waals surface area contributed by atoms with Gasteiger partial charge in [-0.1, -0.05) is 0 Å². The molecule has 0 radical (unpaired) electrons. The maximum absolute atomic E-state index is 10.4. The van der Waals surface area contributed by atoms with Crippen molar-refractivity contribution in [2.45, 2.75) is 6.92 Å². The second kappa shape index (κ2) is 2.73. The molecule has 64 valence electrons. The van der Waals surface area contributed by atoms with Crippen molar-refractivity contribution in [1.29, 1.82) is 0 Å². The van der Waals surface area contributed by atoms with E-state index in [0.717, 1.165) is 6.07 Å². The number of aromatic hydroxyl groups is 2. The van der Waals surface area contributed by atoms with Gasteiger partial charge in [0.2, 0.25) is 0 Å². The number of phenols is 2. The Morgan fingerprint density at radius 3 is 2.42 bits per heavy atom. The SMILES string of the molecule is Cc1c(O)ccc(C(=O)O)c1O. The second-order valence-electron chi connectivity index (χ2n) is 2.41. The van der Waals surface area contributed by atoms with Crippen molar-refractivity contribution in [3.8, 4) is 11.5 Å². The Balaban J connectivity index is 3.36. The number of phenolic OH excluding ortho intramolecular Hbond substituents is 1. The van der Waals surface area contributed by atoms with Crippen LogP contribution >= 0.6 is 0 Å². The van der Waals surface area contributed by atoms with E-state index in [1.54, 1.807) is 0 Å². The molecule has 1 aromatic rings. The standard InChI is InChI=1S/C8H8O4/c1-4-6(9)3-2-5(7(4)10)8(11)12/h2-3,9-10H,1H3,(H,11,12). The summed E-state index contributed by atoms with van der Waals surface area (Å²) in [5.41, 5.74) is -0.0276. The highest BCUT2D eigenvalue weighted by Crippen LogP contribution is 2.28. The van der Waals surface area contributed by atoms with E-state index >= 15 is 0 Å². The lowest BCUT2D eigenvalue weighted by Gasteiger charge is -2.03. The van der Waals surface area contributed by atoms with Crippen molar-refractivity contribution < 1.29 is 20.1 Å². The fraction of sp³-hybridized carbons (Fsp3) is 0.125. The maximum atomic E-state index is 10.4. The Hall–Kier alpha value is -1.71. The van der Waals surface area contributed by atoms with Crippen LogP contribution in [0.25, 0.3) is 0 Å². The van der Waals surface area contributed by atoms with Crippen LogP contribution in [0.3, 0.4) is 0 Å². The lowest BCUT2D eigenvalue weighted by molar-refractivity contribution is 0.0693. The van der Waals surface area contributed by atoms with Gasteiger partial charge in [-0.25, -0.2) is 4.79 Å². The van der Waals surface area contributed by atoms with Crippen molar-refractivity contribution >= 4 is 5.97 Å². The molecule has 3 N–H and O–H groups in total. The largest absolute Gasteiger partial charge is 0.508 e. The van der Waals surface area contributed by atoms with E-state index in [1.165, 1.54) is 13.0 Å². The van der Waals surface area contributed by atoms with Gasteiger partial charge in [0.1, 0.15) is 17.1 Å². The average Bonchev–Trinajstić information content (AvgIpc) is 2.00. The molecule has 1 aromatic carbocycles. The highest BCUT2D eigenvalue weighted by atomic mass is 16.4. The van der Waals surface area contributed by atoms with Gasteiger partial charge < -0.3 is 15.3 Å². The summed E-state index contributed by atoms with van der Waals surface area (Å²) in [6.07, 6.45) is 0. The average molecular weight is 168 g/mol. The molecule has 4 heteroatoms. The molecule has 0 aliphatic rings. The van der Waals surface area contributed by atoms with Crippen LogP contribution in [0, 0.1) is 6.92 Å². The van der Waals surface area contributed by atoms with Gasteiger partial charge in [-0.05, 0) is 19.1 Å². The zero-order valence-corrected chi connectivity index (χ0v) is 6.40. The number of carbonyl (C=O) groups is 1. The highest BCUT2D eigenvalue weighted by Gasteiger charge is 2.13. The van der Waals surface area contributed by atoms with Gasteiger partial charge in [-0.3, -0.25) is 0 Å². The van der Waals surface area contributed by atoms with E-state index in [9.17, 15) is 9.90 Å². The Morgan fingerprint density at radius 1 is 1.33 bits per heavy atom. The summed E-state index contributed by atoms with van der Waals surface area (Å²) in [7, 11) is 0. The Labute approximate surface area is 68.7 Å². The highest BCUT2D eigenvalue weighted by molar-refractivity contribution is 5.91. The van der Waals surface area contributed by atoms with Gasteiger partial charge in [0.25, 0.3) is 0 Å². The molecule has 0 saturated carbocycles. The molecule has 1 rings (SSSR count). The van der Waals surface area contributed by atoms with E-state index in [4.69, 9.17) is 10.2 Å². The molecule has 0 aliphatic heterocycles. The molecular weight excluding hydrogens is 160 g/mol. The minimum absolute atomic E-state index is 0.113. The monoisotopic (exact) mass is 168 g/mol. The summed E-state index contributed by atoms with van der Waals surface area (Å²) in [5, 5.41) is 26.8. The fourth-order valence-corrected chi connectivity index (χ4v) is 0.862. The summed E-state index contributed by atoms with van der Waals surface area (Å²) >= 11 is 0. The number of carboxylic acid groups (broad SMARTS) is 1. The maximum Gasteiger partial charge on any atom is 0.339 e. The van der Waals surface area contributed by atoms with Gasteiger partial charge in [0.05, 0.1) is 0 Å². The van der Waals surface area contributed by atoms with E-state index < -0.39 is 5.97 Å². The molecule has 0 heterocycles. The van der Waals surface area contributed by atoms with Crippen LogP contribution in [-0.4, -0.2) is 21.3 Å². The second-order valence-corrected chi connectivity index (χ2v) is 2.41. The Kier molecular flexibility index (Phi) is 1.91. The number of benzene rings is 1. The van der Waals surface area contributed by atoms with Crippen LogP contribution < -0.4 is 0 Å².